The van der Waals surface area contributed by atoms with Gasteiger partial charge in [-0.15, -0.1) is 0 Å². The van der Waals surface area contributed by atoms with E-state index in [-0.39, 0.29) is 5.91 Å². The molecule has 0 radical (unpaired) electrons. The molecule has 31 heavy (non-hydrogen) atoms. The minimum absolute atomic E-state index is 0.0562. The molecular weight excluding hydrogens is 388 g/mol. The van der Waals surface area contributed by atoms with E-state index in [1.165, 1.54) is 5.56 Å². The number of aromatic nitrogens is 3. The lowest BCUT2D eigenvalue weighted by Crippen LogP contribution is -2.47. The molecule has 0 unspecified atom stereocenters. The summed E-state index contributed by atoms with van der Waals surface area (Å²) in [6, 6.07) is 11.8. The second-order valence-corrected chi connectivity index (χ2v) is 8.04. The molecule has 7 heteroatoms. The third kappa shape index (κ3) is 4.16. The summed E-state index contributed by atoms with van der Waals surface area (Å²) in [5.41, 5.74) is 6.25. The van der Waals surface area contributed by atoms with Gasteiger partial charge in [-0.3, -0.25) is 24.6 Å². The zero-order chi connectivity index (χ0) is 21.2. The average Bonchev–Trinajstić information content (AvgIpc) is 3.65. The summed E-state index contributed by atoms with van der Waals surface area (Å²) in [6.07, 6.45) is 7.69. The maximum absolute atomic E-state index is 11.6. The van der Waals surface area contributed by atoms with Crippen molar-refractivity contribution in [3.63, 3.8) is 0 Å². The number of nitriles is 1. The first-order valence-corrected chi connectivity index (χ1v) is 10.5. The van der Waals surface area contributed by atoms with Crippen molar-refractivity contribution < 1.29 is 4.79 Å². The van der Waals surface area contributed by atoms with Gasteiger partial charge < -0.3 is 5.32 Å². The SMILES string of the molecule is N#Cc1ccnc(-c2c(C3CC3)ccnc2-c2ccc(CN3CCNC(=O)C3)nc2)c1. The number of hydrogen-bond acceptors (Lipinski definition) is 6. The van der Waals surface area contributed by atoms with Crippen molar-refractivity contribution in [3.8, 4) is 28.6 Å². The Morgan fingerprint density at radius 3 is 2.74 bits per heavy atom. The molecule has 1 N–H and O–H groups in total. The van der Waals surface area contributed by atoms with E-state index in [0.717, 1.165) is 47.6 Å². The molecule has 3 aromatic rings. The predicted molar refractivity (Wildman–Crippen MR) is 116 cm³/mol. The van der Waals surface area contributed by atoms with E-state index < -0.39 is 0 Å². The quantitative estimate of drug-likeness (QED) is 0.695. The Morgan fingerprint density at radius 2 is 2.00 bits per heavy atom. The van der Waals surface area contributed by atoms with Crippen molar-refractivity contribution >= 4 is 5.91 Å². The normalized spacial score (nSPS) is 16.5. The van der Waals surface area contributed by atoms with E-state index in [1.54, 1.807) is 12.3 Å². The van der Waals surface area contributed by atoms with E-state index in [4.69, 9.17) is 0 Å². The maximum atomic E-state index is 11.6. The van der Waals surface area contributed by atoms with Gasteiger partial charge in [0.1, 0.15) is 0 Å². The molecule has 2 aliphatic rings. The molecule has 1 aliphatic carbocycles. The Balaban J connectivity index is 1.49. The standard InChI is InChI=1S/C24H22N6O/c25-12-16-5-7-26-21(11-16)23-20(17-1-2-17)6-8-28-24(23)18-3-4-19(29-13-18)14-30-10-9-27-22(31)15-30/h3-8,11,13,17H,1-2,9-10,14-15H2,(H,27,31). The second-order valence-electron chi connectivity index (χ2n) is 8.04. The number of hydrogen-bond donors (Lipinski definition) is 1. The topological polar surface area (TPSA) is 94.8 Å². The maximum Gasteiger partial charge on any atom is 0.234 e. The fraction of sp³-hybridized carbons (Fsp3) is 0.292. The van der Waals surface area contributed by atoms with Gasteiger partial charge in [0.25, 0.3) is 0 Å². The number of rotatable bonds is 5. The van der Waals surface area contributed by atoms with Crippen LogP contribution in [-0.4, -0.2) is 45.4 Å². The van der Waals surface area contributed by atoms with E-state index >= 15 is 0 Å². The highest BCUT2D eigenvalue weighted by Crippen LogP contribution is 2.46. The van der Waals surface area contributed by atoms with Crippen molar-refractivity contribution in [2.45, 2.75) is 25.3 Å². The predicted octanol–water partition coefficient (Wildman–Crippen LogP) is 2.89. The first-order chi connectivity index (χ1) is 15.2. The van der Waals surface area contributed by atoms with Gasteiger partial charge in [-0.05, 0) is 54.7 Å². The van der Waals surface area contributed by atoms with Gasteiger partial charge in [0.2, 0.25) is 5.91 Å². The number of nitrogens with zero attached hydrogens (tertiary/aromatic N) is 5. The molecule has 7 nitrogen and oxygen atoms in total. The molecule has 5 rings (SSSR count). The summed E-state index contributed by atoms with van der Waals surface area (Å²) < 4.78 is 0. The largest absolute Gasteiger partial charge is 0.354 e. The monoisotopic (exact) mass is 410 g/mol. The van der Waals surface area contributed by atoms with Crippen LogP contribution in [0.15, 0.2) is 48.9 Å². The van der Waals surface area contributed by atoms with Crippen molar-refractivity contribution in [2.24, 2.45) is 0 Å². The molecule has 1 saturated carbocycles. The Hall–Kier alpha value is -3.63. The van der Waals surface area contributed by atoms with Crippen LogP contribution in [0.4, 0.5) is 0 Å². The summed E-state index contributed by atoms with van der Waals surface area (Å²) in [7, 11) is 0. The van der Waals surface area contributed by atoms with E-state index in [9.17, 15) is 10.1 Å². The zero-order valence-electron chi connectivity index (χ0n) is 17.1. The highest BCUT2D eigenvalue weighted by atomic mass is 16.2. The zero-order valence-corrected chi connectivity index (χ0v) is 17.1. The van der Waals surface area contributed by atoms with Crippen LogP contribution in [0.2, 0.25) is 0 Å². The van der Waals surface area contributed by atoms with E-state index in [0.29, 0.717) is 31.1 Å². The minimum atomic E-state index is 0.0562. The Bertz CT molecular complexity index is 1160. The molecule has 0 spiro atoms. The molecule has 154 valence electrons. The molecule has 0 bridgehead atoms. The van der Waals surface area contributed by atoms with Crippen LogP contribution in [0.5, 0.6) is 0 Å². The average molecular weight is 410 g/mol. The fourth-order valence-electron chi connectivity index (χ4n) is 4.05. The summed E-state index contributed by atoms with van der Waals surface area (Å²) in [5.74, 6) is 0.572. The fourth-order valence-corrected chi connectivity index (χ4v) is 4.05. The van der Waals surface area contributed by atoms with Crippen LogP contribution in [0.25, 0.3) is 22.5 Å². The van der Waals surface area contributed by atoms with Gasteiger partial charge in [0.05, 0.1) is 35.3 Å². The van der Waals surface area contributed by atoms with E-state index in [1.807, 2.05) is 30.6 Å². The molecule has 3 aromatic heterocycles. The number of piperazine rings is 1. The van der Waals surface area contributed by atoms with Crippen LogP contribution < -0.4 is 5.32 Å². The van der Waals surface area contributed by atoms with Gasteiger partial charge in [-0.1, -0.05) is 0 Å². The number of carbonyl (C=O) groups is 1. The summed E-state index contributed by atoms with van der Waals surface area (Å²) in [4.78, 5) is 27.6. The molecule has 1 aliphatic heterocycles. The molecule has 1 saturated heterocycles. The summed E-state index contributed by atoms with van der Waals surface area (Å²) in [5, 5.41) is 12.2. The number of amides is 1. The van der Waals surface area contributed by atoms with Gasteiger partial charge in [0, 0.05) is 49.4 Å². The smallest absolute Gasteiger partial charge is 0.234 e. The molecule has 1 amide bonds. The molecule has 0 aromatic carbocycles. The second kappa shape index (κ2) is 8.25. The Morgan fingerprint density at radius 1 is 1.13 bits per heavy atom. The van der Waals surface area contributed by atoms with Gasteiger partial charge in [-0.25, -0.2) is 0 Å². The third-order valence-corrected chi connectivity index (χ3v) is 5.75. The van der Waals surface area contributed by atoms with Crippen molar-refractivity contribution in [1.29, 1.82) is 5.26 Å². The third-order valence-electron chi connectivity index (χ3n) is 5.75. The first-order valence-electron chi connectivity index (χ1n) is 10.5. The molecule has 2 fully saturated rings. The molecule has 4 heterocycles. The van der Waals surface area contributed by atoms with Crippen molar-refractivity contribution in [1.82, 2.24) is 25.2 Å². The number of pyridine rings is 3. The summed E-state index contributed by atoms with van der Waals surface area (Å²) in [6.45, 7) is 2.54. The lowest BCUT2D eigenvalue weighted by Gasteiger charge is -2.26. The molecule has 0 atom stereocenters. The van der Waals surface area contributed by atoms with Gasteiger partial charge in [0.15, 0.2) is 0 Å². The summed E-state index contributed by atoms with van der Waals surface area (Å²) >= 11 is 0. The highest BCUT2D eigenvalue weighted by molar-refractivity contribution is 5.82. The first kappa shape index (κ1) is 19.3. The molecular formula is C24H22N6O. The van der Waals surface area contributed by atoms with Crippen LogP contribution >= 0.6 is 0 Å². The van der Waals surface area contributed by atoms with E-state index in [2.05, 4.69) is 37.3 Å². The van der Waals surface area contributed by atoms with Crippen LogP contribution in [0.3, 0.4) is 0 Å². The van der Waals surface area contributed by atoms with Crippen LogP contribution in [-0.2, 0) is 11.3 Å². The highest BCUT2D eigenvalue weighted by Gasteiger charge is 2.29. The Kier molecular flexibility index (Phi) is 5.14. The number of carbonyl (C=O) groups excluding carboxylic acids is 1. The van der Waals surface area contributed by atoms with Crippen molar-refractivity contribution in [3.05, 3.63) is 65.7 Å². The lowest BCUT2D eigenvalue weighted by atomic mass is 9.95. The van der Waals surface area contributed by atoms with Crippen molar-refractivity contribution in [2.75, 3.05) is 19.6 Å². The van der Waals surface area contributed by atoms with Crippen LogP contribution in [0, 0.1) is 11.3 Å². The Labute approximate surface area is 180 Å². The van der Waals surface area contributed by atoms with Crippen LogP contribution in [0.1, 0.15) is 35.6 Å². The number of nitrogens with one attached hydrogen (secondary N) is 1. The lowest BCUT2D eigenvalue weighted by molar-refractivity contribution is -0.124. The van der Waals surface area contributed by atoms with Gasteiger partial charge in [-0.2, -0.15) is 5.26 Å². The minimum Gasteiger partial charge on any atom is -0.354 e. The van der Waals surface area contributed by atoms with Gasteiger partial charge >= 0.3 is 0 Å².